The standard InChI is InChI=1S/C12H11BN2O3/c1-2-18-12(17)10-14-8-5-3-4-7(6-13)9(8)11(16)15-10/h3-5H,2,6H2,1H3,(H,14,15,16). The van der Waals surface area contributed by atoms with Gasteiger partial charge in [0.25, 0.3) is 5.56 Å². The molecule has 1 heterocycles. The molecule has 2 radical (unpaired) electrons. The van der Waals surface area contributed by atoms with Gasteiger partial charge in [-0.3, -0.25) is 4.79 Å². The predicted molar refractivity (Wildman–Crippen MR) is 67.8 cm³/mol. The number of carbonyl (C=O) groups is 1. The maximum Gasteiger partial charge on any atom is 0.374 e. The molecule has 1 aromatic heterocycles. The topological polar surface area (TPSA) is 72.0 Å². The van der Waals surface area contributed by atoms with Gasteiger partial charge < -0.3 is 9.72 Å². The molecular weight excluding hydrogens is 231 g/mol. The van der Waals surface area contributed by atoms with Crippen molar-refractivity contribution >= 4 is 24.7 Å². The SMILES string of the molecule is [B]Cc1cccc2nc(C(=O)OCC)[nH]c(=O)c12. The van der Waals surface area contributed by atoms with Crippen molar-refractivity contribution in [2.45, 2.75) is 13.2 Å². The molecule has 0 unspecified atom stereocenters. The molecule has 0 atom stereocenters. The Hall–Kier alpha value is -2.11. The zero-order valence-corrected chi connectivity index (χ0v) is 9.90. The summed E-state index contributed by atoms with van der Waals surface area (Å²) in [6.45, 7) is 1.91. The molecule has 6 heteroatoms. The molecule has 0 fully saturated rings. The van der Waals surface area contributed by atoms with Gasteiger partial charge in [0.05, 0.1) is 25.4 Å². The number of H-pyrrole nitrogens is 1. The van der Waals surface area contributed by atoms with Crippen molar-refractivity contribution < 1.29 is 9.53 Å². The number of aromatic amines is 1. The molecule has 2 rings (SSSR count). The number of fused-ring (bicyclic) bond motifs is 1. The zero-order valence-electron chi connectivity index (χ0n) is 9.90. The number of ether oxygens (including phenoxy) is 1. The number of aromatic nitrogens is 2. The first-order chi connectivity index (χ1) is 8.67. The van der Waals surface area contributed by atoms with E-state index in [1.165, 1.54) is 0 Å². The number of rotatable bonds is 3. The van der Waals surface area contributed by atoms with Crippen LogP contribution in [0.4, 0.5) is 0 Å². The van der Waals surface area contributed by atoms with Gasteiger partial charge >= 0.3 is 5.97 Å². The van der Waals surface area contributed by atoms with Crippen LogP contribution in [0.1, 0.15) is 23.1 Å². The molecule has 1 N–H and O–H groups in total. The molecule has 0 aliphatic carbocycles. The Morgan fingerprint density at radius 2 is 2.28 bits per heavy atom. The molecule has 18 heavy (non-hydrogen) atoms. The van der Waals surface area contributed by atoms with E-state index in [9.17, 15) is 9.59 Å². The molecule has 2 aromatic rings. The maximum absolute atomic E-state index is 11.9. The predicted octanol–water partition coefficient (Wildman–Crippen LogP) is 0.768. The minimum absolute atomic E-state index is 0.0940. The smallest absolute Gasteiger partial charge is 0.374 e. The third kappa shape index (κ3) is 2.14. The molecule has 0 aliphatic heterocycles. The van der Waals surface area contributed by atoms with Gasteiger partial charge in [0.1, 0.15) is 0 Å². The first-order valence-electron chi connectivity index (χ1n) is 5.56. The van der Waals surface area contributed by atoms with E-state index in [0.29, 0.717) is 16.5 Å². The number of esters is 1. The van der Waals surface area contributed by atoms with Crippen LogP contribution in [0.5, 0.6) is 0 Å². The van der Waals surface area contributed by atoms with Crippen LogP contribution in [0.25, 0.3) is 10.9 Å². The highest BCUT2D eigenvalue weighted by atomic mass is 16.5. The lowest BCUT2D eigenvalue weighted by molar-refractivity contribution is 0.0512. The molecule has 1 aromatic carbocycles. The maximum atomic E-state index is 11.9. The first-order valence-corrected chi connectivity index (χ1v) is 5.56. The van der Waals surface area contributed by atoms with Gasteiger partial charge in [-0.1, -0.05) is 18.5 Å². The van der Waals surface area contributed by atoms with Gasteiger partial charge in [0.2, 0.25) is 5.82 Å². The summed E-state index contributed by atoms with van der Waals surface area (Å²) in [4.78, 5) is 29.9. The second-order valence-electron chi connectivity index (χ2n) is 3.65. The highest BCUT2D eigenvalue weighted by molar-refractivity contribution is 6.09. The van der Waals surface area contributed by atoms with Crippen LogP contribution >= 0.6 is 0 Å². The minimum atomic E-state index is -0.644. The van der Waals surface area contributed by atoms with Gasteiger partial charge in [0.15, 0.2) is 0 Å². The average Bonchev–Trinajstić information content (AvgIpc) is 2.38. The van der Waals surface area contributed by atoms with Crippen molar-refractivity contribution in [3.8, 4) is 0 Å². The van der Waals surface area contributed by atoms with Crippen LogP contribution in [0.2, 0.25) is 0 Å². The van der Waals surface area contributed by atoms with Crippen molar-refractivity contribution in [1.82, 2.24) is 9.97 Å². The molecular formula is C12H11BN2O3. The van der Waals surface area contributed by atoms with E-state index in [1.54, 1.807) is 25.1 Å². The van der Waals surface area contributed by atoms with E-state index in [1.807, 2.05) is 0 Å². The molecule has 5 nitrogen and oxygen atoms in total. The summed E-state index contributed by atoms with van der Waals surface area (Å²) in [6, 6.07) is 5.15. The Bertz CT molecular complexity index is 651. The molecule has 0 spiro atoms. The molecule has 0 saturated carbocycles. The molecule has 0 bridgehead atoms. The number of carbonyl (C=O) groups excluding carboxylic acids is 1. The van der Waals surface area contributed by atoms with Crippen molar-refractivity contribution in [2.75, 3.05) is 6.61 Å². The fourth-order valence-electron chi connectivity index (χ4n) is 1.73. The summed E-state index contributed by atoms with van der Waals surface area (Å²) >= 11 is 0. The van der Waals surface area contributed by atoms with Crippen LogP contribution < -0.4 is 5.56 Å². The van der Waals surface area contributed by atoms with E-state index in [-0.39, 0.29) is 24.3 Å². The monoisotopic (exact) mass is 242 g/mol. The van der Waals surface area contributed by atoms with Crippen molar-refractivity contribution in [3.05, 3.63) is 39.9 Å². The number of nitrogens with zero attached hydrogens (tertiary/aromatic N) is 1. The molecule has 0 aliphatic rings. The van der Waals surface area contributed by atoms with Gasteiger partial charge in [-0.15, -0.1) is 0 Å². The van der Waals surface area contributed by atoms with Crippen LogP contribution in [0.15, 0.2) is 23.0 Å². The molecule has 0 amide bonds. The Kier molecular flexibility index (Phi) is 3.46. The Labute approximate surface area is 105 Å². The summed E-state index contributed by atoms with van der Waals surface area (Å²) < 4.78 is 4.79. The third-order valence-corrected chi connectivity index (χ3v) is 2.51. The van der Waals surface area contributed by atoms with E-state index < -0.39 is 5.97 Å². The van der Waals surface area contributed by atoms with E-state index in [0.717, 1.165) is 0 Å². The van der Waals surface area contributed by atoms with Gasteiger partial charge in [-0.05, 0) is 18.6 Å². The lowest BCUT2D eigenvalue weighted by Gasteiger charge is -2.05. The van der Waals surface area contributed by atoms with E-state index in [2.05, 4.69) is 9.97 Å². The molecule has 0 saturated heterocycles. The number of benzene rings is 1. The fourth-order valence-corrected chi connectivity index (χ4v) is 1.73. The number of hydrogen-bond donors (Lipinski definition) is 1. The summed E-state index contributed by atoms with van der Waals surface area (Å²) in [6.07, 6.45) is 0.237. The number of nitrogens with one attached hydrogen (secondary N) is 1. The Morgan fingerprint density at radius 1 is 1.50 bits per heavy atom. The summed E-state index contributed by atoms with van der Waals surface area (Å²) in [5, 5.41) is 0.410. The average molecular weight is 242 g/mol. The minimum Gasteiger partial charge on any atom is -0.460 e. The molecule has 90 valence electrons. The van der Waals surface area contributed by atoms with Crippen molar-refractivity contribution in [1.29, 1.82) is 0 Å². The lowest BCUT2D eigenvalue weighted by Crippen LogP contribution is -2.18. The van der Waals surface area contributed by atoms with Crippen LogP contribution in [-0.4, -0.2) is 30.4 Å². The van der Waals surface area contributed by atoms with E-state index in [4.69, 9.17) is 12.6 Å². The Balaban J connectivity index is 2.64. The van der Waals surface area contributed by atoms with Crippen LogP contribution in [-0.2, 0) is 11.1 Å². The fraction of sp³-hybridized carbons (Fsp3) is 0.250. The van der Waals surface area contributed by atoms with Crippen molar-refractivity contribution in [2.24, 2.45) is 0 Å². The summed E-state index contributed by atoms with van der Waals surface area (Å²) in [7, 11) is 5.56. The van der Waals surface area contributed by atoms with Gasteiger partial charge in [0, 0.05) is 0 Å². The van der Waals surface area contributed by atoms with Crippen LogP contribution in [0.3, 0.4) is 0 Å². The summed E-state index contributed by atoms with van der Waals surface area (Å²) in [5.41, 5.74) is 0.741. The second-order valence-corrected chi connectivity index (χ2v) is 3.65. The van der Waals surface area contributed by atoms with Gasteiger partial charge in [-0.2, -0.15) is 0 Å². The highest BCUT2D eigenvalue weighted by Crippen LogP contribution is 2.12. The quantitative estimate of drug-likeness (QED) is 0.637. The van der Waals surface area contributed by atoms with Gasteiger partial charge in [-0.25, -0.2) is 9.78 Å². The number of hydrogen-bond acceptors (Lipinski definition) is 4. The lowest BCUT2D eigenvalue weighted by atomic mass is 9.94. The zero-order chi connectivity index (χ0) is 13.1. The highest BCUT2D eigenvalue weighted by Gasteiger charge is 2.13. The third-order valence-electron chi connectivity index (χ3n) is 2.51. The van der Waals surface area contributed by atoms with Crippen molar-refractivity contribution in [3.63, 3.8) is 0 Å². The second kappa shape index (κ2) is 5.04. The summed E-state index contributed by atoms with van der Waals surface area (Å²) in [5.74, 6) is -0.738. The largest absolute Gasteiger partial charge is 0.460 e. The van der Waals surface area contributed by atoms with Crippen LogP contribution in [0, 0.1) is 0 Å². The first kappa shape index (κ1) is 12.4. The van der Waals surface area contributed by atoms with E-state index >= 15 is 0 Å². The normalized spacial score (nSPS) is 10.5. The Morgan fingerprint density at radius 3 is 2.94 bits per heavy atom.